The molecule has 2 aromatic rings. The van der Waals surface area contributed by atoms with Crippen molar-refractivity contribution in [2.24, 2.45) is 13.0 Å². The molecule has 0 aliphatic carbocycles. The van der Waals surface area contributed by atoms with Crippen LogP contribution < -0.4 is 10.9 Å². The van der Waals surface area contributed by atoms with Crippen molar-refractivity contribution in [2.45, 2.75) is 32.4 Å². The molecule has 0 aromatic carbocycles. The number of amides is 1. The first kappa shape index (κ1) is 18.4. The number of aryl methyl sites for hydroxylation is 2. The first-order valence-corrected chi connectivity index (χ1v) is 9.06. The number of piperidine rings is 1. The largest absolute Gasteiger partial charge is 0.354 e. The van der Waals surface area contributed by atoms with Crippen LogP contribution in [-0.4, -0.2) is 45.1 Å². The van der Waals surface area contributed by atoms with E-state index in [-0.39, 0.29) is 24.1 Å². The Kier molecular flexibility index (Phi) is 5.56. The zero-order valence-corrected chi connectivity index (χ0v) is 15.7. The fourth-order valence-electron chi connectivity index (χ4n) is 3.79. The van der Waals surface area contributed by atoms with E-state index < -0.39 is 0 Å². The Hall–Kier alpha value is -2.41. The van der Waals surface area contributed by atoms with Crippen molar-refractivity contribution in [2.75, 3.05) is 20.1 Å². The average Bonchev–Trinajstić information content (AvgIpc) is 3.01. The third kappa shape index (κ3) is 4.04. The molecule has 0 bridgehead atoms. The number of carbonyl (C=O) groups is 1. The molecule has 2 aromatic heterocycles. The highest BCUT2D eigenvalue weighted by Gasteiger charge is 2.32. The highest BCUT2D eigenvalue weighted by Crippen LogP contribution is 2.34. The Bertz CT molecular complexity index is 825. The minimum absolute atomic E-state index is 0.0536. The maximum absolute atomic E-state index is 12.3. The molecule has 3 heterocycles. The van der Waals surface area contributed by atoms with Crippen molar-refractivity contribution in [3.05, 3.63) is 52.5 Å². The van der Waals surface area contributed by atoms with Crippen LogP contribution in [0.15, 0.2) is 35.6 Å². The van der Waals surface area contributed by atoms with Crippen molar-refractivity contribution < 1.29 is 4.79 Å². The molecule has 1 saturated heterocycles. The zero-order chi connectivity index (χ0) is 18.7. The van der Waals surface area contributed by atoms with Crippen LogP contribution in [-0.2, 0) is 18.4 Å². The van der Waals surface area contributed by atoms with E-state index in [9.17, 15) is 9.59 Å². The topological polar surface area (TPSA) is 72.2 Å². The lowest BCUT2D eigenvalue weighted by Gasteiger charge is -2.39. The molecule has 0 radical (unpaired) electrons. The van der Waals surface area contributed by atoms with Crippen LogP contribution in [0.25, 0.3) is 0 Å². The summed E-state index contributed by atoms with van der Waals surface area (Å²) in [7, 11) is 4.13. The second-order valence-corrected chi connectivity index (χ2v) is 7.23. The predicted molar refractivity (Wildman–Crippen MR) is 99.8 cm³/mol. The van der Waals surface area contributed by atoms with Crippen LogP contribution in [0.1, 0.15) is 30.1 Å². The number of hydrogen-bond donors (Lipinski definition) is 1. The van der Waals surface area contributed by atoms with Gasteiger partial charge in [-0.25, -0.2) is 4.98 Å². The van der Waals surface area contributed by atoms with E-state index in [0.717, 1.165) is 24.9 Å². The Morgan fingerprint density at radius 3 is 2.88 bits per heavy atom. The summed E-state index contributed by atoms with van der Waals surface area (Å²) in [4.78, 5) is 30.8. The Morgan fingerprint density at radius 1 is 1.38 bits per heavy atom. The number of hydrogen-bond acceptors (Lipinski definition) is 4. The fourth-order valence-corrected chi connectivity index (χ4v) is 3.79. The number of likely N-dealkylation sites (tertiary alicyclic amines) is 1. The van der Waals surface area contributed by atoms with Crippen molar-refractivity contribution in [3.63, 3.8) is 0 Å². The van der Waals surface area contributed by atoms with Crippen molar-refractivity contribution in [1.82, 2.24) is 24.3 Å². The minimum atomic E-state index is -0.148. The minimum Gasteiger partial charge on any atom is -0.354 e. The van der Waals surface area contributed by atoms with Gasteiger partial charge in [-0.2, -0.15) is 0 Å². The van der Waals surface area contributed by atoms with Gasteiger partial charge in [-0.3, -0.25) is 14.5 Å². The molecule has 1 fully saturated rings. The van der Waals surface area contributed by atoms with Crippen LogP contribution in [0, 0.1) is 12.8 Å². The molecule has 26 heavy (non-hydrogen) atoms. The normalized spacial score (nSPS) is 20.9. The van der Waals surface area contributed by atoms with Crippen LogP contribution in [0.5, 0.6) is 0 Å². The smallest absolute Gasteiger partial charge is 0.251 e. The molecule has 7 nitrogen and oxygen atoms in total. The van der Waals surface area contributed by atoms with E-state index in [0.29, 0.717) is 12.5 Å². The molecule has 0 saturated carbocycles. The summed E-state index contributed by atoms with van der Waals surface area (Å²) in [5, 5.41) is 3.02. The number of nitrogens with one attached hydrogen (secondary N) is 1. The number of aromatic nitrogens is 3. The highest BCUT2D eigenvalue weighted by molar-refractivity contribution is 5.75. The summed E-state index contributed by atoms with van der Waals surface area (Å²) < 4.78 is 3.49. The standard InChI is InChI=1S/C19H27N5O2/c1-14-6-8-24(18(26)9-14)12-17(25)21-10-15-5-4-7-22(2)19(15)16-11-20-13-23(16)3/h6,8-9,11,13,15,19H,4-5,7,10,12H2,1-3H3,(H,21,25)/t15-,19+/m0/s1. The molecule has 0 unspecified atom stereocenters. The highest BCUT2D eigenvalue weighted by atomic mass is 16.2. The average molecular weight is 357 g/mol. The lowest BCUT2D eigenvalue weighted by Crippen LogP contribution is -2.43. The Morgan fingerprint density at radius 2 is 2.19 bits per heavy atom. The van der Waals surface area contributed by atoms with Gasteiger partial charge < -0.3 is 14.5 Å². The van der Waals surface area contributed by atoms with Gasteiger partial charge in [0.15, 0.2) is 0 Å². The fraction of sp³-hybridized carbons (Fsp3) is 0.526. The number of pyridine rings is 1. The van der Waals surface area contributed by atoms with Gasteiger partial charge in [0.25, 0.3) is 5.56 Å². The van der Waals surface area contributed by atoms with Crippen molar-refractivity contribution >= 4 is 5.91 Å². The van der Waals surface area contributed by atoms with Gasteiger partial charge in [0.05, 0.1) is 18.1 Å². The molecule has 2 atom stereocenters. The van der Waals surface area contributed by atoms with Crippen LogP contribution in [0.2, 0.25) is 0 Å². The molecule has 140 valence electrons. The van der Waals surface area contributed by atoms with Crippen LogP contribution in [0.3, 0.4) is 0 Å². The van der Waals surface area contributed by atoms with E-state index in [2.05, 4.69) is 22.2 Å². The number of rotatable bonds is 5. The number of nitrogens with zero attached hydrogens (tertiary/aromatic N) is 4. The first-order valence-electron chi connectivity index (χ1n) is 9.06. The molecule has 1 N–H and O–H groups in total. The predicted octanol–water partition coefficient (Wildman–Crippen LogP) is 1.09. The van der Waals surface area contributed by atoms with Crippen LogP contribution >= 0.6 is 0 Å². The Labute approximate surface area is 153 Å². The third-order valence-electron chi connectivity index (χ3n) is 5.19. The van der Waals surface area contributed by atoms with Crippen molar-refractivity contribution in [3.8, 4) is 0 Å². The van der Waals surface area contributed by atoms with Gasteiger partial charge in [-0.05, 0) is 50.9 Å². The zero-order valence-electron chi connectivity index (χ0n) is 15.7. The summed E-state index contributed by atoms with van der Waals surface area (Å²) in [5.41, 5.74) is 1.92. The molecular formula is C19H27N5O2. The van der Waals surface area contributed by atoms with Gasteiger partial charge in [-0.1, -0.05) is 0 Å². The molecule has 0 spiro atoms. The van der Waals surface area contributed by atoms with E-state index in [1.54, 1.807) is 12.3 Å². The van der Waals surface area contributed by atoms with E-state index in [1.165, 1.54) is 10.3 Å². The third-order valence-corrected chi connectivity index (χ3v) is 5.19. The molecular weight excluding hydrogens is 330 g/mol. The molecule has 3 rings (SSSR count). The van der Waals surface area contributed by atoms with Gasteiger partial charge in [0.1, 0.15) is 6.54 Å². The van der Waals surface area contributed by atoms with Gasteiger partial charge in [-0.15, -0.1) is 0 Å². The van der Waals surface area contributed by atoms with Gasteiger partial charge in [0.2, 0.25) is 5.91 Å². The van der Waals surface area contributed by atoms with Gasteiger partial charge >= 0.3 is 0 Å². The van der Waals surface area contributed by atoms with Gasteiger partial charge in [0, 0.05) is 32.1 Å². The maximum Gasteiger partial charge on any atom is 0.251 e. The molecule has 7 heteroatoms. The summed E-state index contributed by atoms with van der Waals surface area (Å²) in [6, 6.07) is 3.61. The van der Waals surface area contributed by atoms with Crippen molar-refractivity contribution in [1.29, 1.82) is 0 Å². The summed E-state index contributed by atoms with van der Waals surface area (Å²) in [5.74, 6) is 0.191. The summed E-state index contributed by atoms with van der Waals surface area (Å²) in [6.07, 6.45) is 7.57. The lowest BCUT2D eigenvalue weighted by atomic mass is 9.87. The van der Waals surface area contributed by atoms with E-state index in [1.807, 2.05) is 37.1 Å². The molecule has 1 amide bonds. The molecule has 1 aliphatic heterocycles. The van der Waals surface area contributed by atoms with Crippen LogP contribution in [0.4, 0.5) is 0 Å². The first-order chi connectivity index (χ1) is 12.5. The monoisotopic (exact) mass is 357 g/mol. The quantitative estimate of drug-likeness (QED) is 0.869. The molecule has 1 aliphatic rings. The Balaban J connectivity index is 1.64. The van der Waals surface area contributed by atoms with E-state index in [4.69, 9.17) is 0 Å². The van der Waals surface area contributed by atoms with E-state index >= 15 is 0 Å². The summed E-state index contributed by atoms with van der Waals surface area (Å²) >= 11 is 0. The number of imidazole rings is 1. The second-order valence-electron chi connectivity index (χ2n) is 7.23. The number of carbonyl (C=O) groups excluding carboxylic acids is 1. The lowest BCUT2D eigenvalue weighted by molar-refractivity contribution is -0.122. The maximum atomic E-state index is 12.3. The summed E-state index contributed by atoms with van der Waals surface area (Å²) in [6.45, 7) is 3.56. The second kappa shape index (κ2) is 7.86. The SMILES string of the molecule is Cc1ccn(CC(=O)NC[C@@H]2CCCN(C)[C@H]2c2cncn2C)c(=O)c1.